The molecule has 1 saturated carbocycles. The molecule has 0 radical (unpaired) electrons. The summed E-state index contributed by atoms with van der Waals surface area (Å²) in [4.78, 5) is 17.5. The smallest absolute Gasteiger partial charge is 0.379 e. The van der Waals surface area contributed by atoms with Gasteiger partial charge in [-0.2, -0.15) is 8.42 Å². The number of amides is 1. The SMILES string of the molecule is COC1CCC1N(C)C(=O)c1cncc(OS(=O)(=O)F)c1. The molecular formula is C12H15FN2O5S. The third kappa shape index (κ3) is 3.67. The van der Waals surface area contributed by atoms with Crippen molar-refractivity contribution in [3.05, 3.63) is 24.0 Å². The maximum absolute atomic E-state index is 12.5. The highest BCUT2D eigenvalue weighted by Gasteiger charge is 2.36. The predicted octanol–water partition coefficient (Wildman–Crippen LogP) is 0.924. The summed E-state index contributed by atoms with van der Waals surface area (Å²) in [5, 5.41) is 0. The lowest BCUT2D eigenvalue weighted by Crippen LogP contribution is -2.51. The number of methoxy groups -OCH3 is 1. The van der Waals surface area contributed by atoms with Crippen LogP contribution in [-0.4, -0.2) is 50.5 Å². The molecule has 1 aliphatic rings. The highest BCUT2D eigenvalue weighted by Crippen LogP contribution is 2.28. The highest BCUT2D eigenvalue weighted by atomic mass is 32.3. The number of aromatic nitrogens is 1. The molecule has 0 aromatic carbocycles. The van der Waals surface area contributed by atoms with Crippen LogP contribution in [0.15, 0.2) is 18.5 Å². The molecule has 1 aromatic heterocycles. The zero-order valence-electron chi connectivity index (χ0n) is 11.5. The fourth-order valence-corrected chi connectivity index (χ4v) is 2.54. The van der Waals surface area contributed by atoms with Gasteiger partial charge in [-0.3, -0.25) is 9.78 Å². The van der Waals surface area contributed by atoms with Gasteiger partial charge in [0.1, 0.15) is 0 Å². The summed E-state index contributed by atoms with van der Waals surface area (Å²) in [6.45, 7) is 0. The van der Waals surface area contributed by atoms with E-state index in [0.717, 1.165) is 25.1 Å². The number of ether oxygens (including phenoxy) is 1. The zero-order valence-corrected chi connectivity index (χ0v) is 12.3. The van der Waals surface area contributed by atoms with Crippen LogP contribution in [0.3, 0.4) is 0 Å². The molecule has 0 saturated heterocycles. The number of pyridine rings is 1. The van der Waals surface area contributed by atoms with Crippen molar-refractivity contribution in [3.63, 3.8) is 0 Å². The number of hydrogen-bond acceptors (Lipinski definition) is 6. The van der Waals surface area contributed by atoms with Crippen LogP contribution in [0.5, 0.6) is 5.75 Å². The molecule has 116 valence electrons. The molecule has 0 bridgehead atoms. The van der Waals surface area contributed by atoms with Gasteiger partial charge in [0.15, 0.2) is 5.75 Å². The summed E-state index contributed by atoms with van der Waals surface area (Å²) in [7, 11) is -1.94. The van der Waals surface area contributed by atoms with Crippen molar-refractivity contribution in [1.82, 2.24) is 9.88 Å². The van der Waals surface area contributed by atoms with E-state index in [1.807, 2.05) is 0 Å². The maximum Gasteiger partial charge on any atom is 0.488 e. The predicted molar refractivity (Wildman–Crippen MR) is 70.8 cm³/mol. The minimum Gasteiger partial charge on any atom is -0.379 e. The van der Waals surface area contributed by atoms with E-state index in [4.69, 9.17) is 4.74 Å². The molecule has 2 unspecified atom stereocenters. The first-order chi connectivity index (χ1) is 9.81. The first-order valence-electron chi connectivity index (χ1n) is 6.21. The molecule has 1 aromatic rings. The number of rotatable bonds is 5. The van der Waals surface area contributed by atoms with Crippen LogP contribution in [0.1, 0.15) is 23.2 Å². The Bertz CT molecular complexity index is 634. The molecule has 1 heterocycles. The lowest BCUT2D eigenvalue weighted by molar-refractivity contribution is -0.0325. The summed E-state index contributed by atoms with van der Waals surface area (Å²) in [5.41, 5.74) is 0.111. The van der Waals surface area contributed by atoms with Crippen LogP contribution in [0, 0.1) is 0 Å². The highest BCUT2D eigenvalue weighted by molar-refractivity contribution is 7.81. The summed E-state index contributed by atoms with van der Waals surface area (Å²) < 4.78 is 42.6. The molecule has 1 aliphatic carbocycles. The lowest BCUT2D eigenvalue weighted by atomic mass is 9.87. The molecular weight excluding hydrogens is 303 g/mol. The van der Waals surface area contributed by atoms with Crippen LogP contribution in [-0.2, 0) is 15.2 Å². The van der Waals surface area contributed by atoms with E-state index in [0.29, 0.717) is 0 Å². The van der Waals surface area contributed by atoms with Gasteiger partial charge in [0.25, 0.3) is 5.91 Å². The number of carbonyl (C=O) groups is 1. The van der Waals surface area contributed by atoms with Crippen LogP contribution < -0.4 is 4.18 Å². The Morgan fingerprint density at radius 2 is 2.14 bits per heavy atom. The Morgan fingerprint density at radius 3 is 2.67 bits per heavy atom. The van der Waals surface area contributed by atoms with Crippen LogP contribution in [0.2, 0.25) is 0 Å². The number of nitrogens with zero attached hydrogens (tertiary/aromatic N) is 2. The summed E-state index contributed by atoms with van der Waals surface area (Å²) in [6, 6.07) is 1.08. The Morgan fingerprint density at radius 1 is 1.43 bits per heavy atom. The van der Waals surface area contributed by atoms with Gasteiger partial charge in [-0.15, -0.1) is 0 Å². The minimum atomic E-state index is -5.15. The average molecular weight is 318 g/mol. The number of likely N-dealkylation sites (N-methyl/N-ethyl adjacent to an activating group) is 1. The minimum absolute atomic E-state index is 0.0161. The Balaban J connectivity index is 2.14. The van der Waals surface area contributed by atoms with Crippen LogP contribution in [0.25, 0.3) is 0 Å². The topological polar surface area (TPSA) is 85.8 Å². The second-order valence-electron chi connectivity index (χ2n) is 4.72. The lowest BCUT2D eigenvalue weighted by Gasteiger charge is -2.41. The fourth-order valence-electron chi connectivity index (χ4n) is 2.22. The Kier molecular flexibility index (Phi) is 4.43. The summed E-state index contributed by atoms with van der Waals surface area (Å²) in [5.74, 6) is -0.718. The first-order valence-corrected chi connectivity index (χ1v) is 7.52. The van der Waals surface area contributed by atoms with E-state index in [1.165, 1.54) is 11.1 Å². The molecule has 21 heavy (non-hydrogen) atoms. The molecule has 7 nitrogen and oxygen atoms in total. The zero-order chi connectivity index (χ0) is 15.6. The maximum atomic E-state index is 12.5. The molecule has 0 N–H and O–H groups in total. The Labute approximate surface area is 122 Å². The van der Waals surface area contributed by atoms with Gasteiger partial charge in [-0.05, 0) is 18.9 Å². The summed E-state index contributed by atoms with van der Waals surface area (Å²) >= 11 is 0. The van der Waals surface area contributed by atoms with Gasteiger partial charge < -0.3 is 13.8 Å². The van der Waals surface area contributed by atoms with E-state index in [2.05, 4.69) is 9.17 Å². The second kappa shape index (κ2) is 5.94. The first kappa shape index (κ1) is 15.6. The molecule has 0 spiro atoms. The van der Waals surface area contributed by atoms with Crippen molar-refractivity contribution in [2.75, 3.05) is 14.2 Å². The van der Waals surface area contributed by atoms with Crippen molar-refractivity contribution >= 4 is 16.4 Å². The van der Waals surface area contributed by atoms with Gasteiger partial charge in [0.2, 0.25) is 0 Å². The van der Waals surface area contributed by atoms with E-state index < -0.39 is 10.5 Å². The van der Waals surface area contributed by atoms with Gasteiger partial charge in [0.05, 0.1) is 23.9 Å². The molecule has 2 rings (SSSR count). The van der Waals surface area contributed by atoms with E-state index in [-0.39, 0.29) is 29.4 Å². The van der Waals surface area contributed by atoms with Crippen molar-refractivity contribution in [1.29, 1.82) is 0 Å². The van der Waals surface area contributed by atoms with Gasteiger partial charge in [0, 0.05) is 20.4 Å². The monoisotopic (exact) mass is 318 g/mol. The van der Waals surface area contributed by atoms with Gasteiger partial charge >= 0.3 is 10.5 Å². The third-order valence-electron chi connectivity index (χ3n) is 3.45. The molecule has 9 heteroatoms. The van der Waals surface area contributed by atoms with E-state index >= 15 is 0 Å². The van der Waals surface area contributed by atoms with Crippen LogP contribution >= 0.6 is 0 Å². The van der Waals surface area contributed by atoms with Crippen molar-refractivity contribution in [2.24, 2.45) is 0 Å². The van der Waals surface area contributed by atoms with Crippen molar-refractivity contribution in [3.8, 4) is 5.75 Å². The quantitative estimate of drug-likeness (QED) is 0.751. The normalized spacial score (nSPS) is 21.5. The third-order valence-corrected chi connectivity index (χ3v) is 3.84. The fraction of sp³-hybridized carbons (Fsp3) is 0.500. The van der Waals surface area contributed by atoms with E-state index in [9.17, 15) is 17.1 Å². The van der Waals surface area contributed by atoms with Gasteiger partial charge in [-0.25, -0.2) is 0 Å². The molecule has 0 aliphatic heterocycles. The number of carbonyl (C=O) groups excluding carboxylic acids is 1. The number of hydrogen-bond donors (Lipinski definition) is 0. The molecule has 1 amide bonds. The molecule has 1 fully saturated rings. The average Bonchev–Trinajstić information content (AvgIpc) is 2.35. The Hall–Kier alpha value is -1.74. The van der Waals surface area contributed by atoms with Crippen LogP contribution in [0.4, 0.5) is 3.89 Å². The largest absolute Gasteiger partial charge is 0.488 e. The number of halogens is 1. The standard InChI is InChI=1S/C12H15FN2O5S/c1-15(10-3-4-11(10)19-2)12(16)8-5-9(7-14-6-8)20-21(13,17)18/h5-7,10-11H,3-4H2,1-2H3. The van der Waals surface area contributed by atoms with Gasteiger partial charge in [-0.1, -0.05) is 3.89 Å². The second-order valence-corrected chi connectivity index (χ2v) is 5.67. The van der Waals surface area contributed by atoms with Crippen molar-refractivity contribution in [2.45, 2.75) is 25.0 Å². The molecule has 2 atom stereocenters. The summed E-state index contributed by atoms with van der Waals surface area (Å²) in [6.07, 6.45) is 3.95. The van der Waals surface area contributed by atoms with Crippen molar-refractivity contribution < 1.29 is 26.0 Å². The van der Waals surface area contributed by atoms with E-state index in [1.54, 1.807) is 14.2 Å².